The van der Waals surface area contributed by atoms with E-state index in [1.54, 1.807) is 6.92 Å². The first-order valence-corrected chi connectivity index (χ1v) is 13.7. The van der Waals surface area contributed by atoms with Crippen LogP contribution in [0.15, 0.2) is 52.1 Å². The van der Waals surface area contributed by atoms with Crippen LogP contribution >= 0.6 is 11.8 Å². The number of carboxylic acid groups (broad SMARTS) is 1. The second-order valence-electron chi connectivity index (χ2n) is 9.49. The van der Waals surface area contributed by atoms with Gasteiger partial charge < -0.3 is 20.8 Å². The van der Waals surface area contributed by atoms with Crippen LogP contribution in [0, 0.1) is 0 Å². The molecule has 0 bridgehead atoms. The molecule has 0 fully saturated rings. The Morgan fingerprint density at radius 2 is 1.90 bits per heavy atom. The van der Waals surface area contributed by atoms with Crippen LogP contribution in [0.2, 0.25) is 0 Å². The molecule has 40 heavy (non-hydrogen) atoms. The Balaban J connectivity index is 1.70. The molecule has 3 aromatic rings. The number of nitrogens with one attached hydrogen (secondary N) is 2. The highest BCUT2D eigenvalue weighted by Crippen LogP contribution is 2.21. The minimum atomic E-state index is -1.32. The van der Waals surface area contributed by atoms with E-state index in [4.69, 9.17) is 4.63 Å². The highest BCUT2D eigenvalue weighted by Gasteiger charge is 2.29. The van der Waals surface area contributed by atoms with Gasteiger partial charge in [0.15, 0.2) is 11.6 Å². The van der Waals surface area contributed by atoms with Crippen molar-refractivity contribution in [2.24, 2.45) is 0 Å². The second-order valence-corrected chi connectivity index (χ2v) is 10.5. The molecule has 2 atom stereocenters. The molecule has 3 rings (SSSR count). The van der Waals surface area contributed by atoms with Gasteiger partial charge in [-0.3, -0.25) is 23.7 Å². The quantitative estimate of drug-likeness (QED) is 0.207. The lowest BCUT2D eigenvalue weighted by molar-refractivity contribution is -0.140. The fraction of sp³-hybridized carbons (Fsp3) is 0.423. The highest BCUT2D eigenvalue weighted by molar-refractivity contribution is 7.99. The molecule has 0 saturated carbocycles. The number of aliphatic carboxylic acids is 1. The maximum atomic E-state index is 13.2. The molecule has 0 aliphatic carbocycles. The van der Waals surface area contributed by atoms with E-state index in [2.05, 4.69) is 25.9 Å². The molecule has 2 heterocycles. The van der Waals surface area contributed by atoms with E-state index in [1.165, 1.54) is 38.0 Å². The number of anilines is 1. The van der Waals surface area contributed by atoms with Crippen LogP contribution in [-0.4, -0.2) is 59.5 Å². The van der Waals surface area contributed by atoms with Crippen molar-refractivity contribution in [3.63, 3.8) is 0 Å². The molecular formula is C26H32N6O7S. The van der Waals surface area contributed by atoms with Crippen molar-refractivity contribution in [3.05, 3.63) is 70.0 Å². The monoisotopic (exact) mass is 572 g/mol. The van der Waals surface area contributed by atoms with Gasteiger partial charge in [0.05, 0.1) is 24.8 Å². The van der Waals surface area contributed by atoms with Gasteiger partial charge in [-0.05, 0) is 25.8 Å². The summed E-state index contributed by atoms with van der Waals surface area (Å²) in [6.07, 6.45) is 2.27. The molecule has 0 aliphatic heterocycles. The Labute approximate surface area is 234 Å². The number of Topliss-reactive ketones (excluding diaryl/α,β-unsaturated/α-hetero) is 1. The first-order valence-electron chi connectivity index (χ1n) is 12.5. The molecular weight excluding hydrogens is 540 g/mol. The standard InChI is InChI=1S/C26H32N6O7S/c1-4-19(24(36)29-17(12-21(34)35)20(33)15-40-14-16-8-6-5-7-9-16)32-11-10-27-23(25(32)37)28-13-18-22(26(2,3)38)31-39-30-18/h5-11,17,19,38H,4,12-15H2,1-3H3,(H,27,28)(H,29,36)(H,34,35). The Morgan fingerprint density at radius 1 is 1.18 bits per heavy atom. The fourth-order valence-electron chi connectivity index (χ4n) is 3.89. The molecule has 0 spiro atoms. The van der Waals surface area contributed by atoms with Crippen LogP contribution in [0.3, 0.4) is 0 Å². The number of amides is 1. The van der Waals surface area contributed by atoms with Gasteiger partial charge >= 0.3 is 5.97 Å². The zero-order valence-corrected chi connectivity index (χ0v) is 23.2. The Morgan fingerprint density at radius 3 is 2.55 bits per heavy atom. The third-order valence-corrected chi connectivity index (χ3v) is 6.92. The summed E-state index contributed by atoms with van der Waals surface area (Å²) >= 11 is 1.32. The van der Waals surface area contributed by atoms with E-state index < -0.39 is 47.3 Å². The molecule has 0 saturated heterocycles. The SMILES string of the molecule is CCC(C(=O)NC(CC(=O)O)C(=O)CSCc1ccccc1)n1ccnc(NCc2nonc2C(C)(C)O)c1=O. The molecule has 214 valence electrons. The summed E-state index contributed by atoms with van der Waals surface area (Å²) in [7, 11) is 0. The van der Waals surface area contributed by atoms with E-state index in [-0.39, 0.29) is 35.9 Å². The Hall–Kier alpha value is -4.04. The Kier molecular flexibility index (Phi) is 10.6. The van der Waals surface area contributed by atoms with Gasteiger partial charge in [0.25, 0.3) is 5.56 Å². The van der Waals surface area contributed by atoms with Crippen LogP contribution in [0.25, 0.3) is 0 Å². The van der Waals surface area contributed by atoms with Gasteiger partial charge in [-0.2, -0.15) is 0 Å². The normalized spacial score (nSPS) is 12.9. The average molecular weight is 573 g/mol. The number of hydrogen-bond donors (Lipinski definition) is 4. The summed E-state index contributed by atoms with van der Waals surface area (Å²) in [5, 5.41) is 32.3. The minimum absolute atomic E-state index is 0.0106. The van der Waals surface area contributed by atoms with E-state index in [1.807, 2.05) is 30.3 Å². The van der Waals surface area contributed by atoms with E-state index in [9.17, 15) is 29.4 Å². The van der Waals surface area contributed by atoms with Crippen LogP contribution in [0.4, 0.5) is 5.82 Å². The number of rotatable bonds is 15. The number of carbonyl (C=O) groups is 3. The van der Waals surface area contributed by atoms with E-state index in [0.717, 1.165) is 10.1 Å². The second kappa shape index (κ2) is 13.8. The third kappa shape index (κ3) is 8.23. The van der Waals surface area contributed by atoms with Gasteiger partial charge in [0.2, 0.25) is 5.91 Å². The topological polar surface area (TPSA) is 190 Å². The molecule has 2 aromatic heterocycles. The van der Waals surface area contributed by atoms with Crippen molar-refractivity contribution in [1.82, 2.24) is 25.2 Å². The number of ketones is 1. The largest absolute Gasteiger partial charge is 0.481 e. The molecule has 0 aliphatic rings. The van der Waals surface area contributed by atoms with Crippen molar-refractivity contribution >= 4 is 35.2 Å². The number of carbonyl (C=O) groups excluding carboxylic acids is 2. The summed E-state index contributed by atoms with van der Waals surface area (Å²) in [5.74, 6) is -1.85. The van der Waals surface area contributed by atoms with E-state index >= 15 is 0 Å². The van der Waals surface area contributed by atoms with Crippen molar-refractivity contribution in [2.45, 2.75) is 63.6 Å². The lowest BCUT2D eigenvalue weighted by Crippen LogP contribution is -2.47. The van der Waals surface area contributed by atoms with Crippen LogP contribution in [0.1, 0.15) is 56.6 Å². The first-order chi connectivity index (χ1) is 19.0. The molecule has 1 aromatic carbocycles. The maximum Gasteiger partial charge on any atom is 0.305 e. The summed E-state index contributed by atoms with van der Waals surface area (Å²) in [6.45, 7) is 4.68. The van der Waals surface area contributed by atoms with Gasteiger partial charge in [-0.15, -0.1) is 11.8 Å². The number of aliphatic hydroxyl groups is 1. The number of carboxylic acids is 1. The molecule has 13 nitrogen and oxygen atoms in total. The summed E-state index contributed by atoms with van der Waals surface area (Å²) < 4.78 is 5.87. The summed E-state index contributed by atoms with van der Waals surface area (Å²) in [5.41, 5.74) is -0.461. The van der Waals surface area contributed by atoms with E-state index in [0.29, 0.717) is 5.75 Å². The smallest absolute Gasteiger partial charge is 0.305 e. The number of nitrogens with zero attached hydrogens (tertiary/aromatic N) is 4. The molecule has 0 radical (unpaired) electrons. The van der Waals surface area contributed by atoms with Crippen molar-refractivity contribution in [3.8, 4) is 0 Å². The van der Waals surface area contributed by atoms with Crippen molar-refractivity contribution in [2.75, 3.05) is 11.1 Å². The number of benzene rings is 1. The predicted molar refractivity (Wildman–Crippen MR) is 146 cm³/mol. The van der Waals surface area contributed by atoms with Gasteiger partial charge in [-0.1, -0.05) is 47.6 Å². The highest BCUT2D eigenvalue weighted by atomic mass is 32.2. The van der Waals surface area contributed by atoms with Crippen molar-refractivity contribution in [1.29, 1.82) is 0 Å². The lowest BCUT2D eigenvalue weighted by atomic mass is 10.0. The fourth-order valence-corrected chi connectivity index (χ4v) is 4.82. The molecule has 2 unspecified atom stereocenters. The maximum absolute atomic E-state index is 13.2. The van der Waals surface area contributed by atoms with Gasteiger partial charge in [0, 0.05) is 18.1 Å². The van der Waals surface area contributed by atoms with Crippen molar-refractivity contribution < 1.29 is 29.2 Å². The van der Waals surface area contributed by atoms with Crippen LogP contribution in [0.5, 0.6) is 0 Å². The average Bonchev–Trinajstić information content (AvgIpc) is 3.39. The number of thioether (sulfide) groups is 1. The number of hydrogen-bond acceptors (Lipinski definition) is 11. The van der Waals surface area contributed by atoms with Gasteiger partial charge in [-0.25, -0.2) is 9.61 Å². The molecule has 14 heteroatoms. The predicted octanol–water partition coefficient (Wildman–Crippen LogP) is 1.88. The molecule has 1 amide bonds. The summed E-state index contributed by atoms with van der Waals surface area (Å²) in [4.78, 5) is 54.7. The Bertz CT molecular complexity index is 1370. The zero-order chi connectivity index (χ0) is 29.3. The lowest BCUT2D eigenvalue weighted by Gasteiger charge is -2.22. The minimum Gasteiger partial charge on any atom is -0.481 e. The summed E-state index contributed by atoms with van der Waals surface area (Å²) in [6, 6.07) is 7.22. The number of aromatic nitrogens is 4. The third-order valence-electron chi connectivity index (χ3n) is 5.89. The molecule has 4 N–H and O–H groups in total. The first kappa shape index (κ1) is 30.5. The zero-order valence-electron chi connectivity index (χ0n) is 22.4. The van der Waals surface area contributed by atoms with Crippen LogP contribution in [-0.2, 0) is 32.3 Å². The van der Waals surface area contributed by atoms with Crippen LogP contribution < -0.4 is 16.2 Å². The van der Waals surface area contributed by atoms with Gasteiger partial charge in [0.1, 0.15) is 23.0 Å².